The van der Waals surface area contributed by atoms with Gasteiger partial charge in [-0.15, -0.1) is 11.8 Å². The Kier molecular flexibility index (Phi) is 3.30. The molecule has 0 saturated carbocycles. The molecule has 0 saturated heterocycles. The molecule has 1 aromatic carbocycles. The van der Waals surface area contributed by atoms with Gasteiger partial charge in [0.15, 0.2) is 0 Å². The molecular weight excluding hydrogens is 278 g/mol. The number of aromatic nitrogens is 1. The predicted molar refractivity (Wildman–Crippen MR) is 84.8 cm³/mol. The Morgan fingerprint density at radius 1 is 1.14 bits per heavy atom. The Hall–Kier alpha value is -1.61. The molecule has 106 valence electrons. The van der Waals surface area contributed by atoms with Crippen molar-refractivity contribution in [2.75, 3.05) is 5.75 Å². The Balaban J connectivity index is 1.68. The Bertz CT molecular complexity index is 697. The summed E-state index contributed by atoms with van der Waals surface area (Å²) in [4.78, 5) is 18.9. The second-order valence-corrected chi connectivity index (χ2v) is 6.86. The molecule has 0 N–H and O–H groups in total. The van der Waals surface area contributed by atoms with E-state index in [4.69, 9.17) is 0 Å². The number of fused-ring (bicyclic) bond motifs is 2. The van der Waals surface area contributed by atoms with Gasteiger partial charge in [-0.2, -0.15) is 0 Å². The van der Waals surface area contributed by atoms with E-state index < -0.39 is 0 Å². The van der Waals surface area contributed by atoms with E-state index in [1.54, 1.807) is 0 Å². The summed E-state index contributed by atoms with van der Waals surface area (Å²) in [7, 11) is 0. The molecule has 1 aliphatic carbocycles. The van der Waals surface area contributed by atoms with E-state index >= 15 is 0 Å². The number of pyridine rings is 1. The minimum atomic E-state index is -0.00768. The van der Waals surface area contributed by atoms with E-state index in [1.807, 2.05) is 30.1 Å². The number of Topliss-reactive ketones (excluding diaryl/α,β-unsaturated/α-hetero) is 1. The van der Waals surface area contributed by atoms with Gasteiger partial charge in [-0.3, -0.25) is 9.78 Å². The van der Waals surface area contributed by atoms with Crippen LogP contribution in [0.3, 0.4) is 0 Å². The maximum Gasteiger partial charge on any atom is 0.150 e. The van der Waals surface area contributed by atoms with Crippen LogP contribution in [0, 0.1) is 0 Å². The predicted octanol–water partition coefficient (Wildman–Crippen LogP) is 3.96. The highest BCUT2D eigenvalue weighted by Crippen LogP contribution is 2.43. The molecular formula is C18H17NOS. The first kappa shape index (κ1) is 13.1. The van der Waals surface area contributed by atoms with Crippen LogP contribution in [0.15, 0.2) is 47.5 Å². The SMILES string of the molecule is O=C(C1CSc2ccccc21)C1CCCc2cccnc21. The Labute approximate surface area is 129 Å². The highest BCUT2D eigenvalue weighted by Gasteiger charge is 2.36. The largest absolute Gasteiger partial charge is 0.298 e. The number of hydrogen-bond acceptors (Lipinski definition) is 3. The molecule has 2 aliphatic rings. The third-order valence-corrected chi connectivity index (χ3v) is 5.76. The van der Waals surface area contributed by atoms with Crippen LogP contribution in [-0.2, 0) is 11.2 Å². The zero-order valence-corrected chi connectivity index (χ0v) is 12.6. The number of nitrogens with zero attached hydrogens (tertiary/aromatic N) is 1. The van der Waals surface area contributed by atoms with Crippen LogP contribution >= 0.6 is 11.8 Å². The fourth-order valence-electron chi connectivity index (χ4n) is 3.53. The number of ketones is 1. The average molecular weight is 295 g/mol. The molecule has 0 spiro atoms. The molecule has 0 bridgehead atoms. The van der Waals surface area contributed by atoms with Crippen LogP contribution in [0.1, 0.15) is 41.5 Å². The van der Waals surface area contributed by atoms with Crippen molar-refractivity contribution >= 4 is 17.5 Å². The molecule has 0 radical (unpaired) electrons. The summed E-state index contributed by atoms with van der Waals surface area (Å²) >= 11 is 1.81. The molecule has 3 heteroatoms. The zero-order valence-electron chi connectivity index (χ0n) is 11.8. The maximum absolute atomic E-state index is 13.1. The van der Waals surface area contributed by atoms with E-state index in [0.717, 1.165) is 30.7 Å². The number of carbonyl (C=O) groups excluding carboxylic acids is 1. The van der Waals surface area contributed by atoms with Gasteiger partial charge >= 0.3 is 0 Å². The first-order valence-corrected chi connectivity index (χ1v) is 8.52. The lowest BCUT2D eigenvalue weighted by molar-refractivity contribution is -0.121. The number of rotatable bonds is 2. The van der Waals surface area contributed by atoms with Crippen LogP contribution < -0.4 is 0 Å². The topological polar surface area (TPSA) is 30.0 Å². The smallest absolute Gasteiger partial charge is 0.150 e. The van der Waals surface area contributed by atoms with E-state index in [0.29, 0.717) is 5.78 Å². The summed E-state index contributed by atoms with van der Waals surface area (Å²) in [5.41, 5.74) is 3.51. The maximum atomic E-state index is 13.1. The molecule has 2 aromatic rings. The van der Waals surface area contributed by atoms with Gasteiger partial charge in [0.1, 0.15) is 5.78 Å². The number of carbonyl (C=O) groups is 1. The minimum Gasteiger partial charge on any atom is -0.298 e. The lowest BCUT2D eigenvalue weighted by Crippen LogP contribution is -2.25. The van der Waals surface area contributed by atoms with Gasteiger partial charge in [-0.1, -0.05) is 24.3 Å². The fourth-order valence-corrected chi connectivity index (χ4v) is 4.77. The van der Waals surface area contributed by atoms with Gasteiger partial charge in [0.05, 0.1) is 17.5 Å². The number of thioether (sulfide) groups is 1. The van der Waals surface area contributed by atoms with E-state index in [1.165, 1.54) is 16.0 Å². The summed E-state index contributed by atoms with van der Waals surface area (Å²) in [6, 6.07) is 12.4. The average Bonchev–Trinajstić information content (AvgIpc) is 2.98. The fraction of sp³-hybridized carbons (Fsp3) is 0.333. The van der Waals surface area contributed by atoms with Crippen LogP contribution in [0.5, 0.6) is 0 Å². The molecule has 0 fully saturated rings. The summed E-state index contributed by atoms with van der Waals surface area (Å²) in [6.07, 6.45) is 4.92. The molecule has 4 rings (SSSR count). The van der Waals surface area contributed by atoms with Crippen LogP contribution in [0.25, 0.3) is 0 Å². The first-order chi connectivity index (χ1) is 10.3. The monoisotopic (exact) mass is 295 g/mol. The molecule has 21 heavy (non-hydrogen) atoms. The number of aryl methyl sites for hydroxylation is 1. The second-order valence-electron chi connectivity index (χ2n) is 5.80. The van der Waals surface area contributed by atoms with Crippen molar-refractivity contribution in [2.24, 2.45) is 0 Å². The lowest BCUT2D eigenvalue weighted by atomic mass is 9.79. The normalized spacial score (nSPS) is 23.4. The molecule has 1 aromatic heterocycles. The van der Waals surface area contributed by atoms with Crippen molar-refractivity contribution in [1.82, 2.24) is 4.98 Å². The van der Waals surface area contributed by atoms with Crippen molar-refractivity contribution in [3.63, 3.8) is 0 Å². The van der Waals surface area contributed by atoms with Crippen molar-refractivity contribution in [3.8, 4) is 0 Å². The van der Waals surface area contributed by atoms with Gasteiger partial charge in [0.2, 0.25) is 0 Å². The first-order valence-electron chi connectivity index (χ1n) is 7.54. The summed E-state index contributed by atoms with van der Waals surface area (Å²) < 4.78 is 0. The van der Waals surface area contributed by atoms with E-state index in [2.05, 4.69) is 29.2 Å². The number of benzene rings is 1. The molecule has 2 nitrogen and oxygen atoms in total. The molecule has 1 aliphatic heterocycles. The van der Waals surface area contributed by atoms with Crippen molar-refractivity contribution in [3.05, 3.63) is 59.4 Å². The molecule has 2 heterocycles. The lowest BCUT2D eigenvalue weighted by Gasteiger charge is -2.25. The van der Waals surface area contributed by atoms with Crippen molar-refractivity contribution < 1.29 is 4.79 Å². The van der Waals surface area contributed by atoms with Crippen molar-refractivity contribution in [2.45, 2.75) is 36.0 Å². The summed E-state index contributed by atoms with van der Waals surface area (Å²) in [6.45, 7) is 0. The highest BCUT2D eigenvalue weighted by molar-refractivity contribution is 7.99. The van der Waals surface area contributed by atoms with Gasteiger partial charge < -0.3 is 0 Å². The summed E-state index contributed by atoms with van der Waals surface area (Å²) in [5.74, 6) is 1.29. The summed E-state index contributed by atoms with van der Waals surface area (Å²) in [5, 5.41) is 0. The van der Waals surface area contributed by atoms with Gasteiger partial charge in [-0.05, 0) is 42.5 Å². The van der Waals surface area contributed by atoms with Gasteiger partial charge in [0.25, 0.3) is 0 Å². The quantitative estimate of drug-likeness (QED) is 0.840. The standard InChI is InChI=1S/C18H17NOS/c20-18(15-11-21-16-9-2-1-7-13(15)16)14-8-3-5-12-6-4-10-19-17(12)14/h1-2,4,6-7,9-10,14-15H,3,5,8,11H2. The minimum absolute atomic E-state index is 0.00768. The van der Waals surface area contributed by atoms with Crippen molar-refractivity contribution in [1.29, 1.82) is 0 Å². The van der Waals surface area contributed by atoms with Crippen LogP contribution in [0.2, 0.25) is 0 Å². The molecule has 0 amide bonds. The molecule has 2 atom stereocenters. The van der Waals surface area contributed by atoms with Gasteiger partial charge in [0, 0.05) is 16.8 Å². The third-order valence-electron chi connectivity index (χ3n) is 4.58. The zero-order chi connectivity index (χ0) is 14.2. The number of hydrogen-bond donors (Lipinski definition) is 0. The Morgan fingerprint density at radius 3 is 3.00 bits per heavy atom. The van der Waals surface area contributed by atoms with Crippen LogP contribution in [0.4, 0.5) is 0 Å². The van der Waals surface area contributed by atoms with Crippen LogP contribution in [-0.4, -0.2) is 16.5 Å². The molecule has 2 unspecified atom stereocenters. The highest BCUT2D eigenvalue weighted by atomic mass is 32.2. The van der Waals surface area contributed by atoms with E-state index in [-0.39, 0.29) is 11.8 Å². The second kappa shape index (κ2) is 5.30. The third kappa shape index (κ3) is 2.20. The Morgan fingerprint density at radius 2 is 2.05 bits per heavy atom. The van der Waals surface area contributed by atoms with Gasteiger partial charge in [-0.25, -0.2) is 0 Å². The van der Waals surface area contributed by atoms with E-state index in [9.17, 15) is 4.79 Å².